The second-order valence-corrected chi connectivity index (χ2v) is 4.51. The van der Waals surface area contributed by atoms with E-state index in [1.165, 1.54) is 0 Å². The lowest BCUT2D eigenvalue weighted by Crippen LogP contribution is -2.31. The highest BCUT2D eigenvalue weighted by molar-refractivity contribution is 6.34. The molecule has 0 atom stereocenters. The molecule has 2 rings (SSSR count). The lowest BCUT2D eigenvalue weighted by Gasteiger charge is -2.18. The first-order valence-corrected chi connectivity index (χ1v) is 6.50. The molecule has 0 aliphatic carbocycles. The second-order valence-electron chi connectivity index (χ2n) is 4.15. The first-order valence-electron chi connectivity index (χ1n) is 6.12. The highest BCUT2D eigenvalue weighted by Gasteiger charge is 2.16. The Labute approximate surface area is 117 Å². The normalized spacial score (nSPS) is 10.4. The van der Waals surface area contributed by atoms with Gasteiger partial charge in [-0.1, -0.05) is 41.9 Å². The van der Waals surface area contributed by atoms with E-state index >= 15 is 0 Å². The average molecular weight is 275 g/mol. The van der Waals surface area contributed by atoms with Gasteiger partial charge in [-0.2, -0.15) is 0 Å². The molecule has 4 heteroatoms. The van der Waals surface area contributed by atoms with Gasteiger partial charge in [0.25, 0.3) is 5.91 Å². The summed E-state index contributed by atoms with van der Waals surface area (Å²) < 4.78 is 0. The van der Waals surface area contributed by atoms with Crippen LogP contribution in [0.15, 0.2) is 43.0 Å². The summed E-state index contributed by atoms with van der Waals surface area (Å²) in [5, 5.41) is 2.13. The number of aromatic nitrogens is 1. The van der Waals surface area contributed by atoms with Crippen molar-refractivity contribution in [3.05, 3.63) is 53.8 Å². The molecule has 0 saturated heterocycles. The largest absolute Gasteiger partial charge is 0.334 e. The molecule has 0 spiro atoms. The van der Waals surface area contributed by atoms with E-state index in [2.05, 4.69) is 11.6 Å². The summed E-state index contributed by atoms with van der Waals surface area (Å²) in [6, 6.07) is 9.39. The fourth-order valence-electron chi connectivity index (χ4n) is 1.94. The summed E-state index contributed by atoms with van der Waals surface area (Å²) in [7, 11) is 0. The van der Waals surface area contributed by atoms with Crippen LogP contribution in [-0.4, -0.2) is 28.9 Å². The van der Waals surface area contributed by atoms with Crippen LogP contribution < -0.4 is 0 Å². The van der Waals surface area contributed by atoms with Gasteiger partial charge in [0.05, 0.1) is 0 Å². The van der Waals surface area contributed by atoms with Gasteiger partial charge in [-0.15, -0.1) is 6.58 Å². The van der Waals surface area contributed by atoms with Crippen molar-refractivity contribution < 1.29 is 4.79 Å². The number of pyridine rings is 1. The number of hydrogen-bond acceptors (Lipinski definition) is 2. The van der Waals surface area contributed by atoms with Crippen molar-refractivity contribution in [3.8, 4) is 0 Å². The van der Waals surface area contributed by atoms with Gasteiger partial charge in [-0.25, -0.2) is 4.98 Å². The Morgan fingerprint density at radius 2 is 2.21 bits per heavy atom. The van der Waals surface area contributed by atoms with E-state index in [0.717, 1.165) is 10.8 Å². The van der Waals surface area contributed by atoms with E-state index < -0.39 is 0 Å². The molecule has 0 aliphatic rings. The Kier molecular flexibility index (Phi) is 4.17. The minimum absolute atomic E-state index is 0.130. The Hall–Kier alpha value is -1.87. The molecule has 98 valence electrons. The lowest BCUT2D eigenvalue weighted by molar-refractivity contribution is 0.0776. The van der Waals surface area contributed by atoms with Gasteiger partial charge in [-0.3, -0.25) is 4.79 Å². The minimum Gasteiger partial charge on any atom is -0.334 e. The van der Waals surface area contributed by atoms with Gasteiger partial charge in [0.1, 0.15) is 10.8 Å². The average Bonchev–Trinajstić information content (AvgIpc) is 2.44. The van der Waals surface area contributed by atoms with Crippen molar-refractivity contribution in [2.45, 2.75) is 6.92 Å². The Balaban J connectivity index is 2.45. The lowest BCUT2D eigenvalue weighted by atomic mass is 10.1. The van der Waals surface area contributed by atoms with Crippen LogP contribution in [0.1, 0.15) is 17.4 Å². The van der Waals surface area contributed by atoms with Gasteiger partial charge in [0.2, 0.25) is 0 Å². The summed E-state index contributed by atoms with van der Waals surface area (Å²) >= 11 is 6.13. The molecule has 1 heterocycles. The quantitative estimate of drug-likeness (QED) is 0.631. The van der Waals surface area contributed by atoms with E-state index in [1.807, 2.05) is 31.2 Å². The van der Waals surface area contributed by atoms with E-state index in [1.54, 1.807) is 17.0 Å². The molecule has 0 bridgehead atoms. The molecule has 0 aliphatic heterocycles. The van der Waals surface area contributed by atoms with Crippen LogP contribution in [0.5, 0.6) is 0 Å². The molecule has 1 aromatic carbocycles. The van der Waals surface area contributed by atoms with Crippen LogP contribution in [0.2, 0.25) is 5.15 Å². The van der Waals surface area contributed by atoms with Crippen LogP contribution >= 0.6 is 11.6 Å². The van der Waals surface area contributed by atoms with Crippen molar-refractivity contribution in [2.75, 3.05) is 13.1 Å². The first-order chi connectivity index (χ1) is 9.17. The monoisotopic (exact) mass is 274 g/mol. The molecule has 1 amide bonds. The van der Waals surface area contributed by atoms with Crippen LogP contribution in [0, 0.1) is 0 Å². The van der Waals surface area contributed by atoms with Crippen molar-refractivity contribution in [3.63, 3.8) is 0 Å². The number of likely N-dealkylation sites (N-methyl/N-ethyl adjacent to an activating group) is 1. The number of fused-ring (bicyclic) bond motifs is 1. The van der Waals surface area contributed by atoms with E-state index in [9.17, 15) is 4.79 Å². The second kappa shape index (κ2) is 5.85. The highest BCUT2D eigenvalue weighted by Crippen LogP contribution is 2.22. The predicted octanol–water partition coefficient (Wildman–Crippen LogP) is 3.54. The summed E-state index contributed by atoms with van der Waals surface area (Å²) in [6.07, 6.45) is 1.70. The zero-order chi connectivity index (χ0) is 13.8. The molecule has 3 nitrogen and oxygen atoms in total. The molecular weight excluding hydrogens is 260 g/mol. The number of halogens is 1. The van der Waals surface area contributed by atoms with E-state index in [-0.39, 0.29) is 5.91 Å². The van der Waals surface area contributed by atoms with Gasteiger partial charge < -0.3 is 4.90 Å². The zero-order valence-corrected chi connectivity index (χ0v) is 11.5. The highest BCUT2D eigenvalue weighted by atomic mass is 35.5. The molecular formula is C15H15ClN2O. The topological polar surface area (TPSA) is 33.2 Å². The molecule has 0 radical (unpaired) electrons. The van der Waals surface area contributed by atoms with Crippen molar-refractivity contribution in [1.29, 1.82) is 0 Å². The fraction of sp³-hybridized carbons (Fsp3) is 0.200. The maximum Gasteiger partial charge on any atom is 0.272 e. The molecule has 2 aromatic rings. The molecule has 1 aromatic heterocycles. The smallest absolute Gasteiger partial charge is 0.272 e. The Morgan fingerprint density at radius 1 is 1.47 bits per heavy atom. The van der Waals surface area contributed by atoms with E-state index in [0.29, 0.717) is 23.9 Å². The third-order valence-corrected chi connectivity index (χ3v) is 3.22. The molecule has 0 saturated carbocycles. The standard InChI is InChI=1S/C15H15ClN2O/c1-3-9-18(4-2)15(19)13-10-11-7-5-6-8-12(11)14(16)17-13/h3,5-8,10H,1,4,9H2,2H3. The third-order valence-electron chi connectivity index (χ3n) is 2.93. The van der Waals surface area contributed by atoms with Crippen LogP contribution in [0.3, 0.4) is 0 Å². The van der Waals surface area contributed by atoms with Crippen LogP contribution in [0.25, 0.3) is 10.8 Å². The molecule has 19 heavy (non-hydrogen) atoms. The predicted molar refractivity (Wildman–Crippen MR) is 78.5 cm³/mol. The molecule has 0 fully saturated rings. The number of benzene rings is 1. The maximum absolute atomic E-state index is 12.3. The fourth-order valence-corrected chi connectivity index (χ4v) is 2.20. The minimum atomic E-state index is -0.130. The van der Waals surface area contributed by atoms with Crippen LogP contribution in [0.4, 0.5) is 0 Å². The molecule has 0 unspecified atom stereocenters. The number of carbonyl (C=O) groups excluding carboxylic acids is 1. The summed E-state index contributed by atoms with van der Waals surface area (Å²) in [4.78, 5) is 18.2. The SMILES string of the molecule is C=CCN(CC)C(=O)c1cc2ccccc2c(Cl)n1. The van der Waals surface area contributed by atoms with Crippen molar-refractivity contribution in [2.24, 2.45) is 0 Å². The van der Waals surface area contributed by atoms with Gasteiger partial charge in [0, 0.05) is 18.5 Å². The Morgan fingerprint density at radius 3 is 2.89 bits per heavy atom. The van der Waals surface area contributed by atoms with Gasteiger partial charge >= 0.3 is 0 Å². The number of hydrogen-bond donors (Lipinski definition) is 0. The van der Waals surface area contributed by atoms with Crippen LogP contribution in [-0.2, 0) is 0 Å². The first kappa shape index (κ1) is 13.6. The van der Waals surface area contributed by atoms with Crippen molar-refractivity contribution >= 4 is 28.3 Å². The number of amides is 1. The number of rotatable bonds is 4. The van der Waals surface area contributed by atoms with Crippen molar-refractivity contribution in [1.82, 2.24) is 9.88 Å². The summed E-state index contributed by atoms with van der Waals surface area (Å²) in [5.41, 5.74) is 0.368. The zero-order valence-electron chi connectivity index (χ0n) is 10.8. The Bertz CT molecular complexity index is 625. The summed E-state index contributed by atoms with van der Waals surface area (Å²) in [5.74, 6) is -0.130. The van der Waals surface area contributed by atoms with Gasteiger partial charge in [-0.05, 0) is 18.4 Å². The number of nitrogens with zero attached hydrogens (tertiary/aromatic N) is 2. The van der Waals surface area contributed by atoms with E-state index in [4.69, 9.17) is 11.6 Å². The third kappa shape index (κ3) is 2.76. The number of carbonyl (C=O) groups is 1. The maximum atomic E-state index is 12.3. The van der Waals surface area contributed by atoms with Gasteiger partial charge in [0.15, 0.2) is 0 Å². The summed E-state index contributed by atoms with van der Waals surface area (Å²) in [6.45, 7) is 6.68. The molecule has 0 N–H and O–H groups in total.